The van der Waals surface area contributed by atoms with E-state index in [0.29, 0.717) is 6.54 Å². The molecule has 20 heavy (non-hydrogen) atoms. The largest absolute Gasteiger partial charge is 0.478 e. The van der Waals surface area contributed by atoms with E-state index in [1.807, 2.05) is 0 Å². The molecule has 1 aromatic carbocycles. The van der Waals surface area contributed by atoms with Crippen molar-refractivity contribution < 1.29 is 14.7 Å². The van der Waals surface area contributed by atoms with Crippen molar-refractivity contribution in [2.75, 3.05) is 11.9 Å². The van der Waals surface area contributed by atoms with Crippen molar-refractivity contribution >= 4 is 29.3 Å². The van der Waals surface area contributed by atoms with Crippen LogP contribution in [0.5, 0.6) is 0 Å². The molecule has 0 saturated carbocycles. The summed E-state index contributed by atoms with van der Waals surface area (Å²) in [6.07, 6.45) is 0.821. The topological polar surface area (TPSA) is 78.4 Å². The lowest BCUT2D eigenvalue weighted by Crippen LogP contribution is -2.31. The summed E-state index contributed by atoms with van der Waals surface area (Å²) in [6, 6.07) is 4.10. The number of carbonyl (C=O) groups is 2. The second-order valence-corrected chi connectivity index (χ2v) is 6.07. The molecule has 0 fully saturated rings. The molecule has 0 spiro atoms. The quantitative estimate of drug-likeness (QED) is 0.794. The summed E-state index contributed by atoms with van der Waals surface area (Å²) in [5.74, 6) is -1.18. The summed E-state index contributed by atoms with van der Waals surface area (Å²) in [5, 5.41) is 14.4. The summed E-state index contributed by atoms with van der Waals surface area (Å²) in [5.41, 5.74) is 0.189. The maximum Gasteiger partial charge on any atom is 0.339 e. The smallest absolute Gasteiger partial charge is 0.339 e. The summed E-state index contributed by atoms with van der Waals surface area (Å²) >= 11 is 5.82. The van der Waals surface area contributed by atoms with Gasteiger partial charge < -0.3 is 15.7 Å². The number of urea groups is 1. The Hall–Kier alpha value is -1.75. The number of hydrogen-bond acceptors (Lipinski definition) is 2. The molecular formula is C14H19ClN2O3. The molecule has 0 aliphatic carbocycles. The van der Waals surface area contributed by atoms with E-state index < -0.39 is 12.0 Å². The monoisotopic (exact) mass is 298 g/mol. The zero-order chi connectivity index (χ0) is 15.3. The standard InChI is InChI=1S/C14H19ClN2O3/c1-14(2,3)7-8-16-13(20)17-10-6-4-5-9(15)11(10)12(18)19/h4-6H,7-8H2,1-3H3,(H,18,19)(H2,16,17,20). The average molecular weight is 299 g/mol. The van der Waals surface area contributed by atoms with Gasteiger partial charge in [0.1, 0.15) is 5.56 Å². The molecule has 1 aromatic rings. The number of amides is 2. The highest BCUT2D eigenvalue weighted by Crippen LogP contribution is 2.24. The second kappa shape index (κ2) is 6.61. The van der Waals surface area contributed by atoms with Crippen LogP contribution in [0.3, 0.4) is 0 Å². The van der Waals surface area contributed by atoms with Crippen molar-refractivity contribution in [3.63, 3.8) is 0 Å². The Balaban J connectivity index is 2.67. The molecular weight excluding hydrogens is 280 g/mol. The molecule has 110 valence electrons. The number of hydrogen-bond donors (Lipinski definition) is 3. The van der Waals surface area contributed by atoms with Crippen molar-refractivity contribution in [3.05, 3.63) is 28.8 Å². The summed E-state index contributed by atoms with van der Waals surface area (Å²) in [4.78, 5) is 22.8. The van der Waals surface area contributed by atoms with Crippen molar-refractivity contribution in [1.29, 1.82) is 0 Å². The number of benzene rings is 1. The van der Waals surface area contributed by atoms with Crippen molar-refractivity contribution in [3.8, 4) is 0 Å². The Bertz CT molecular complexity index is 510. The molecule has 0 unspecified atom stereocenters. The van der Waals surface area contributed by atoms with Crippen LogP contribution in [0.2, 0.25) is 5.02 Å². The zero-order valence-corrected chi connectivity index (χ0v) is 12.5. The Morgan fingerprint density at radius 1 is 1.30 bits per heavy atom. The van der Waals surface area contributed by atoms with Crippen molar-refractivity contribution in [2.24, 2.45) is 5.41 Å². The van der Waals surface area contributed by atoms with Gasteiger partial charge in [0, 0.05) is 6.54 Å². The van der Waals surface area contributed by atoms with E-state index in [1.165, 1.54) is 12.1 Å². The first-order valence-electron chi connectivity index (χ1n) is 6.27. The van der Waals surface area contributed by atoms with Crippen LogP contribution < -0.4 is 10.6 Å². The van der Waals surface area contributed by atoms with Gasteiger partial charge in [-0.05, 0) is 24.0 Å². The molecule has 6 heteroatoms. The number of carboxylic acids is 1. The number of carboxylic acid groups (broad SMARTS) is 1. The highest BCUT2D eigenvalue weighted by atomic mass is 35.5. The zero-order valence-electron chi connectivity index (χ0n) is 11.8. The number of nitrogens with one attached hydrogen (secondary N) is 2. The van der Waals surface area contributed by atoms with Gasteiger partial charge in [0.2, 0.25) is 0 Å². The molecule has 1 rings (SSSR count). The summed E-state index contributed by atoms with van der Waals surface area (Å²) in [7, 11) is 0. The van der Waals surface area contributed by atoms with Crippen LogP contribution in [-0.2, 0) is 0 Å². The molecule has 0 saturated heterocycles. The van der Waals surface area contributed by atoms with E-state index in [0.717, 1.165) is 6.42 Å². The molecule has 0 aromatic heterocycles. The highest BCUT2D eigenvalue weighted by Gasteiger charge is 2.16. The molecule has 0 radical (unpaired) electrons. The predicted octanol–water partition coefficient (Wildman–Crippen LogP) is 3.60. The lowest BCUT2D eigenvalue weighted by molar-refractivity contribution is 0.0698. The minimum absolute atomic E-state index is 0.0880. The lowest BCUT2D eigenvalue weighted by atomic mass is 9.92. The Kier molecular flexibility index (Phi) is 5.39. The fourth-order valence-electron chi connectivity index (χ4n) is 1.56. The first-order valence-corrected chi connectivity index (χ1v) is 6.65. The number of aromatic carboxylic acids is 1. The van der Waals surface area contributed by atoms with Crippen LogP contribution in [0.25, 0.3) is 0 Å². The Morgan fingerprint density at radius 3 is 2.50 bits per heavy atom. The average Bonchev–Trinajstić information content (AvgIpc) is 2.26. The van der Waals surface area contributed by atoms with E-state index >= 15 is 0 Å². The lowest BCUT2D eigenvalue weighted by Gasteiger charge is -2.18. The molecule has 2 amide bonds. The molecule has 5 nitrogen and oxygen atoms in total. The normalized spacial score (nSPS) is 11.0. The van der Waals surface area contributed by atoms with Gasteiger partial charge in [-0.2, -0.15) is 0 Å². The van der Waals surface area contributed by atoms with Crippen LogP contribution in [0, 0.1) is 5.41 Å². The maximum atomic E-state index is 11.7. The van der Waals surface area contributed by atoms with E-state index in [4.69, 9.17) is 16.7 Å². The molecule has 3 N–H and O–H groups in total. The first-order chi connectivity index (χ1) is 9.20. The maximum absolute atomic E-state index is 11.7. The predicted molar refractivity (Wildman–Crippen MR) is 79.5 cm³/mol. The Morgan fingerprint density at radius 2 is 1.95 bits per heavy atom. The third-order valence-electron chi connectivity index (χ3n) is 2.64. The van der Waals surface area contributed by atoms with Gasteiger partial charge in [-0.25, -0.2) is 9.59 Å². The van der Waals surface area contributed by atoms with Gasteiger partial charge in [0.15, 0.2) is 0 Å². The van der Waals surface area contributed by atoms with Gasteiger partial charge in [-0.15, -0.1) is 0 Å². The molecule has 0 aliphatic rings. The molecule has 0 heterocycles. The van der Waals surface area contributed by atoms with E-state index in [9.17, 15) is 9.59 Å². The SMILES string of the molecule is CC(C)(C)CCNC(=O)Nc1cccc(Cl)c1C(=O)O. The second-order valence-electron chi connectivity index (χ2n) is 5.66. The van der Waals surface area contributed by atoms with Gasteiger partial charge in [0.25, 0.3) is 0 Å². The highest BCUT2D eigenvalue weighted by molar-refractivity contribution is 6.34. The van der Waals surface area contributed by atoms with Crippen LogP contribution in [0.1, 0.15) is 37.6 Å². The minimum atomic E-state index is -1.18. The fourth-order valence-corrected chi connectivity index (χ4v) is 1.82. The number of anilines is 1. The van der Waals surface area contributed by atoms with Crippen molar-refractivity contribution in [1.82, 2.24) is 5.32 Å². The van der Waals surface area contributed by atoms with Crippen LogP contribution >= 0.6 is 11.6 Å². The summed E-state index contributed by atoms with van der Waals surface area (Å²) in [6.45, 7) is 6.74. The number of halogens is 1. The third-order valence-corrected chi connectivity index (χ3v) is 2.95. The van der Waals surface area contributed by atoms with Crippen LogP contribution in [-0.4, -0.2) is 23.7 Å². The summed E-state index contributed by atoms with van der Waals surface area (Å²) < 4.78 is 0. The van der Waals surface area contributed by atoms with Gasteiger partial charge in [-0.3, -0.25) is 0 Å². The Labute approximate surface area is 123 Å². The number of carbonyl (C=O) groups excluding carboxylic acids is 1. The number of rotatable bonds is 4. The van der Waals surface area contributed by atoms with Crippen LogP contribution in [0.4, 0.5) is 10.5 Å². The molecule has 0 atom stereocenters. The van der Waals surface area contributed by atoms with Gasteiger partial charge in [-0.1, -0.05) is 38.4 Å². The van der Waals surface area contributed by atoms with E-state index in [2.05, 4.69) is 31.4 Å². The third kappa shape index (κ3) is 5.09. The van der Waals surface area contributed by atoms with Gasteiger partial charge in [0.05, 0.1) is 10.7 Å². The van der Waals surface area contributed by atoms with E-state index in [-0.39, 0.29) is 21.7 Å². The van der Waals surface area contributed by atoms with E-state index in [1.54, 1.807) is 6.07 Å². The molecule has 0 bridgehead atoms. The minimum Gasteiger partial charge on any atom is -0.478 e. The van der Waals surface area contributed by atoms with Crippen molar-refractivity contribution in [2.45, 2.75) is 27.2 Å². The first kappa shape index (κ1) is 16.3. The van der Waals surface area contributed by atoms with Gasteiger partial charge >= 0.3 is 12.0 Å². The van der Waals surface area contributed by atoms with Crippen LogP contribution in [0.15, 0.2) is 18.2 Å². The molecule has 0 aliphatic heterocycles. The fraction of sp³-hybridized carbons (Fsp3) is 0.429.